The van der Waals surface area contributed by atoms with Crippen LogP contribution in [0.1, 0.15) is 16.8 Å². The van der Waals surface area contributed by atoms with Crippen molar-refractivity contribution in [3.8, 4) is 5.75 Å². The molecule has 0 aliphatic rings. The van der Waals surface area contributed by atoms with Crippen LogP contribution in [0, 0.1) is 5.82 Å². The second-order valence-electron chi connectivity index (χ2n) is 6.68. The third-order valence-electron chi connectivity index (χ3n) is 4.50. The van der Waals surface area contributed by atoms with Gasteiger partial charge in [-0.05, 0) is 35.9 Å². The van der Waals surface area contributed by atoms with Crippen LogP contribution in [0.25, 0.3) is 5.65 Å². The number of nitrogens with one attached hydrogen (secondary N) is 1. The van der Waals surface area contributed by atoms with E-state index in [0.717, 1.165) is 16.9 Å². The van der Waals surface area contributed by atoms with Gasteiger partial charge < -0.3 is 14.5 Å². The van der Waals surface area contributed by atoms with Crippen LogP contribution in [0.3, 0.4) is 0 Å². The fourth-order valence-corrected chi connectivity index (χ4v) is 3.02. The topological polar surface area (TPSA) is 55.6 Å². The standard InChI is InChI=1S/C23H20FN3O2/c24-21-9-2-1-7-18(21)16-29-20-8-5-6-17(12-20)14-25-23(28)13-19-15-27-11-4-3-10-22(27)26-19/h1-12,15H,13-14,16H2,(H,25,28). The van der Waals surface area contributed by atoms with Crippen molar-refractivity contribution in [2.45, 2.75) is 19.6 Å². The summed E-state index contributed by atoms with van der Waals surface area (Å²) in [6.45, 7) is 0.527. The second-order valence-corrected chi connectivity index (χ2v) is 6.68. The molecule has 0 aliphatic carbocycles. The zero-order valence-corrected chi connectivity index (χ0v) is 15.7. The fourth-order valence-electron chi connectivity index (χ4n) is 3.02. The molecule has 0 radical (unpaired) electrons. The predicted octanol–water partition coefficient (Wildman–Crippen LogP) is 3.91. The summed E-state index contributed by atoms with van der Waals surface area (Å²) < 4.78 is 21.3. The molecule has 29 heavy (non-hydrogen) atoms. The SMILES string of the molecule is O=C(Cc1cn2ccccc2n1)NCc1cccc(OCc2ccccc2F)c1. The number of imidazole rings is 1. The van der Waals surface area contributed by atoms with Gasteiger partial charge in [-0.3, -0.25) is 4.79 Å². The Labute approximate surface area is 167 Å². The van der Waals surface area contributed by atoms with E-state index in [-0.39, 0.29) is 24.8 Å². The highest BCUT2D eigenvalue weighted by Crippen LogP contribution is 2.16. The Morgan fingerprint density at radius 3 is 2.79 bits per heavy atom. The molecule has 0 saturated carbocycles. The van der Waals surface area contributed by atoms with Gasteiger partial charge in [0.15, 0.2) is 0 Å². The van der Waals surface area contributed by atoms with Crippen LogP contribution in [-0.4, -0.2) is 15.3 Å². The maximum absolute atomic E-state index is 13.7. The molecule has 2 heterocycles. The second kappa shape index (κ2) is 8.56. The van der Waals surface area contributed by atoms with E-state index in [0.29, 0.717) is 17.9 Å². The lowest BCUT2D eigenvalue weighted by Gasteiger charge is -2.09. The van der Waals surface area contributed by atoms with Gasteiger partial charge in [0.1, 0.15) is 23.8 Å². The summed E-state index contributed by atoms with van der Waals surface area (Å²) in [5, 5.41) is 2.90. The summed E-state index contributed by atoms with van der Waals surface area (Å²) in [7, 11) is 0. The lowest BCUT2D eigenvalue weighted by Crippen LogP contribution is -2.24. The first kappa shape index (κ1) is 18.7. The van der Waals surface area contributed by atoms with E-state index in [1.54, 1.807) is 18.2 Å². The number of carbonyl (C=O) groups is 1. The minimum atomic E-state index is -0.289. The van der Waals surface area contributed by atoms with E-state index in [2.05, 4.69) is 10.3 Å². The number of halogens is 1. The van der Waals surface area contributed by atoms with Crippen molar-refractivity contribution in [1.29, 1.82) is 0 Å². The molecule has 1 amide bonds. The summed E-state index contributed by atoms with van der Waals surface area (Å²) in [6.07, 6.45) is 3.97. The van der Waals surface area contributed by atoms with E-state index in [1.807, 2.05) is 59.3 Å². The number of pyridine rings is 1. The monoisotopic (exact) mass is 389 g/mol. The van der Waals surface area contributed by atoms with Gasteiger partial charge in [0.25, 0.3) is 0 Å². The number of amides is 1. The minimum absolute atomic E-state index is 0.105. The zero-order valence-electron chi connectivity index (χ0n) is 15.7. The summed E-state index contributed by atoms with van der Waals surface area (Å²) in [6, 6.07) is 19.6. The van der Waals surface area contributed by atoms with Gasteiger partial charge in [-0.15, -0.1) is 0 Å². The lowest BCUT2D eigenvalue weighted by molar-refractivity contribution is -0.120. The van der Waals surface area contributed by atoms with Crippen molar-refractivity contribution in [2.75, 3.05) is 0 Å². The van der Waals surface area contributed by atoms with E-state index in [1.165, 1.54) is 6.07 Å². The molecular weight excluding hydrogens is 369 g/mol. The highest BCUT2D eigenvalue weighted by Gasteiger charge is 2.08. The molecule has 0 saturated heterocycles. The molecule has 5 nitrogen and oxygen atoms in total. The Balaban J connectivity index is 1.31. The predicted molar refractivity (Wildman–Crippen MR) is 108 cm³/mol. The molecule has 4 rings (SSSR count). The number of ether oxygens (including phenoxy) is 1. The van der Waals surface area contributed by atoms with Gasteiger partial charge in [-0.2, -0.15) is 0 Å². The van der Waals surface area contributed by atoms with Crippen molar-refractivity contribution in [3.63, 3.8) is 0 Å². The molecule has 0 fully saturated rings. The number of carbonyl (C=O) groups excluding carboxylic acids is 1. The van der Waals surface area contributed by atoms with E-state index in [4.69, 9.17) is 4.74 Å². The van der Waals surface area contributed by atoms with Gasteiger partial charge >= 0.3 is 0 Å². The van der Waals surface area contributed by atoms with E-state index in [9.17, 15) is 9.18 Å². The molecular formula is C23H20FN3O2. The average molecular weight is 389 g/mol. The van der Waals surface area contributed by atoms with Gasteiger partial charge in [0, 0.05) is 24.5 Å². The number of hydrogen-bond acceptors (Lipinski definition) is 3. The molecule has 146 valence electrons. The van der Waals surface area contributed by atoms with Crippen molar-refractivity contribution in [2.24, 2.45) is 0 Å². The third-order valence-corrected chi connectivity index (χ3v) is 4.50. The molecule has 0 spiro atoms. The normalized spacial score (nSPS) is 10.8. The summed E-state index contributed by atoms with van der Waals surface area (Å²) in [5.41, 5.74) is 2.93. The third kappa shape index (κ3) is 4.79. The highest BCUT2D eigenvalue weighted by atomic mass is 19.1. The maximum atomic E-state index is 13.7. The first-order valence-electron chi connectivity index (χ1n) is 9.32. The van der Waals surface area contributed by atoms with Crippen molar-refractivity contribution >= 4 is 11.6 Å². The number of benzene rings is 2. The molecule has 1 N–H and O–H groups in total. The molecule has 6 heteroatoms. The van der Waals surface area contributed by atoms with Crippen molar-refractivity contribution < 1.29 is 13.9 Å². The number of nitrogens with zero attached hydrogens (tertiary/aromatic N) is 2. The van der Waals surface area contributed by atoms with Crippen molar-refractivity contribution in [3.05, 3.63) is 102 Å². The van der Waals surface area contributed by atoms with E-state index >= 15 is 0 Å². The first-order chi connectivity index (χ1) is 14.2. The van der Waals surface area contributed by atoms with Crippen LogP contribution >= 0.6 is 0 Å². The summed E-state index contributed by atoms with van der Waals surface area (Å²) in [5.74, 6) is 0.231. The Bertz CT molecular complexity index is 1110. The van der Waals surface area contributed by atoms with Crippen molar-refractivity contribution in [1.82, 2.24) is 14.7 Å². The van der Waals surface area contributed by atoms with Gasteiger partial charge in [-0.25, -0.2) is 9.37 Å². The smallest absolute Gasteiger partial charge is 0.226 e. The quantitative estimate of drug-likeness (QED) is 0.521. The number of fused-ring (bicyclic) bond motifs is 1. The lowest BCUT2D eigenvalue weighted by atomic mass is 10.2. The van der Waals surface area contributed by atoms with Crippen LogP contribution in [0.15, 0.2) is 79.1 Å². The number of rotatable bonds is 7. The maximum Gasteiger partial charge on any atom is 0.226 e. The minimum Gasteiger partial charge on any atom is -0.489 e. The molecule has 2 aromatic heterocycles. The molecule has 0 bridgehead atoms. The Hall–Kier alpha value is -3.67. The van der Waals surface area contributed by atoms with Gasteiger partial charge in [0.05, 0.1) is 12.1 Å². The van der Waals surface area contributed by atoms with Crippen LogP contribution in [0.2, 0.25) is 0 Å². The first-order valence-corrected chi connectivity index (χ1v) is 9.32. The van der Waals surface area contributed by atoms with Crippen LogP contribution in [-0.2, 0) is 24.4 Å². The summed E-state index contributed by atoms with van der Waals surface area (Å²) in [4.78, 5) is 16.7. The fraction of sp³-hybridized carbons (Fsp3) is 0.130. The summed E-state index contributed by atoms with van der Waals surface area (Å²) >= 11 is 0. The molecule has 4 aromatic rings. The highest BCUT2D eigenvalue weighted by molar-refractivity contribution is 5.78. The van der Waals surface area contributed by atoms with Crippen LogP contribution in [0.5, 0.6) is 5.75 Å². The Kier molecular flexibility index (Phi) is 5.52. The molecule has 0 aliphatic heterocycles. The van der Waals surface area contributed by atoms with Gasteiger partial charge in [-0.1, -0.05) is 36.4 Å². The van der Waals surface area contributed by atoms with Gasteiger partial charge in [0.2, 0.25) is 5.91 Å². The van der Waals surface area contributed by atoms with Crippen LogP contribution in [0.4, 0.5) is 4.39 Å². The molecule has 0 atom stereocenters. The Morgan fingerprint density at radius 1 is 1.07 bits per heavy atom. The molecule has 0 unspecified atom stereocenters. The zero-order chi connectivity index (χ0) is 20.1. The number of aromatic nitrogens is 2. The Morgan fingerprint density at radius 2 is 1.93 bits per heavy atom. The largest absolute Gasteiger partial charge is 0.489 e. The number of hydrogen-bond donors (Lipinski definition) is 1. The van der Waals surface area contributed by atoms with Crippen LogP contribution < -0.4 is 10.1 Å². The van der Waals surface area contributed by atoms with E-state index < -0.39 is 0 Å². The molecule has 2 aromatic carbocycles. The average Bonchev–Trinajstić information content (AvgIpc) is 3.14.